The van der Waals surface area contributed by atoms with Crippen molar-refractivity contribution < 1.29 is 4.79 Å². The number of carbonyl (C=O) groups excluding carboxylic acids is 1. The van der Waals surface area contributed by atoms with Crippen molar-refractivity contribution in [2.45, 2.75) is 39.2 Å². The summed E-state index contributed by atoms with van der Waals surface area (Å²) < 4.78 is 0. The smallest absolute Gasteiger partial charge is 0.253 e. The minimum absolute atomic E-state index is 0.0865. The molecule has 5 heteroatoms. The van der Waals surface area contributed by atoms with Crippen LogP contribution in [-0.4, -0.2) is 23.5 Å². The van der Waals surface area contributed by atoms with Crippen LogP contribution in [0, 0.1) is 5.92 Å². The molecule has 2 atom stereocenters. The molecular formula is C14H20ClN3O. The Morgan fingerprint density at radius 3 is 2.89 bits per heavy atom. The number of amides is 1. The van der Waals surface area contributed by atoms with E-state index in [1.807, 2.05) is 6.92 Å². The van der Waals surface area contributed by atoms with Gasteiger partial charge in [0.25, 0.3) is 5.91 Å². The van der Waals surface area contributed by atoms with E-state index in [-0.39, 0.29) is 11.9 Å². The normalized spacial score (nSPS) is 22.3. The van der Waals surface area contributed by atoms with E-state index >= 15 is 0 Å². The van der Waals surface area contributed by atoms with Crippen molar-refractivity contribution in [2.75, 3.05) is 11.9 Å². The Morgan fingerprint density at radius 1 is 1.53 bits per heavy atom. The maximum Gasteiger partial charge on any atom is 0.253 e. The average Bonchev–Trinajstić information content (AvgIpc) is 2.77. The second kappa shape index (κ2) is 6.24. The molecular weight excluding hydrogens is 262 g/mol. The number of halogens is 1. The topological polar surface area (TPSA) is 54.0 Å². The van der Waals surface area contributed by atoms with Gasteiger partial charge in [0.15, 0.2) is 0 Å². The number of pyridine rings is 1. The van der Waals surface area contributed by atoms with Crippen molar-refractivity contribution in [2.24, 2.45) is 5.92 Å². The van der Waals surface area contributed by atoms with Gasteiger partial charge in [0.1, 0.15) is 5.82 Å². The highest BCUT2D eigenvalue weighted by Gasteiger charge is 2.23. The van der Waals surface area contributed by atoms with Crippen LogP contribution in [0.1, 0.15) is 43.5 Å². The van der Waals surface area contributed by atoms with Crippen molar-refractivity contribution in [3.05, 3.63) is 22.8 Å². The van der Waals surface area contributed by atoms with Crippen LogP contribution in [0.5, 0.6) is 0 Å². The highest BCUT2D eigenvalue weighted by Crippen LogP contribution is 2.25. The predicted molar refractivity (Wildman–Crippen MR) is 77.7 cm³/mol. The molecule has 1 aliphatic rings. The van der Waals surface area contributed by atoms with E-state index in [1.54, 1.807) is 12.3 Å². The molecule has 1 aliphatic carbocycles. The molecule has 1 aromatic rings. The van der Waals surface area contributed by atoms with Crippen LogP contribution in [0.4, 0.5) is 5.82 Å². The van der Waals surface area contributed by atoms with E-state index < -0.39 is 0 Å². The number of carbonyl (C=O) groups is 1. The molecule has 1 amide bonds. The summed E-state index contributed by atoms with van der Waals surface area (Å²) >= 11 is 6.09. The summed E-state index contributed by atoms with van der Waals surface area (Å²) in [5.74, 6) is 1.23. The fraction of sp³-hybridized carbons (Fsp3) is 0.571. The van der Waals surface area contributed by atoms with Gasteiger partial charge in [-0.2, -0.15) is 0 Å². The van der Waals surface area contributed by atoms with Gasteiger partial charge in [-0.25, -0.2) is 4.98 Å². The number of nitrogens with one attached hydrogen (secondary N) is 2. The zero-order valence-corrected chi connectivity index (χ0v) is 12.1. The summed E-state index contributed by atoms with van der Waals surface area (Å²) in [7, 11) is 0. The lowest BCUT2D eigenvalue weighted by Crippen LogP contribution is -2.33. The Kier molecular flexibility index (Phi) is 4.64. The maximum absolute atomic E-state index is 12.1. The van der Waals surface area contributed by atoms with Crippen LogP contribution >= 0.6 is 11.6 Å². The van der Waals surface area contributed by atoms with Crippen molar-refractivity contribution in [1.29, 1.82) is 0 Å². The van der Waals surface area contributed by atoms with E-state index in [1.165, 1.54) is 6.42 Å². The third-order valence-corrected chi connectivity index (χ3v) is 3.77. The van der Waals surface area contributed by atoms with Gasteiger partial charge in [-0.1, -0.05) is 18.5 Å². The molecule has 0 bridgehead atoms. The summed E-state index contributed by atoms with van der Waals surface area (Å²) in [5.41, 5.74) is 0.520. The molecule has 2 rings (SSSR count). The first-order valence-corrected chi connectivity index (χ1v) is 7.18. The van der Waals surface area contributed by atoms with Crippen LogP contribution in [0.2, 0.25) is 5.02 Å². The first kappa shape index (κ1) is 14.1. The van der Waals surface area contributed by atoms with E-state index in [0.29, 0.717) is 22.3 Å². The number of hydrogen-bond donors (Lipinski definition) is 2. The van der Waals surface area contributed by atoms with Crippen molar-refractivity contribution in [3.8, 4) is 0 Å². The molecule has 104 valence electrons. The molecule has 4 nitrogen and oxygen atoms in total. The van der Waals surface area contributed by atoms with Crippen LogP contribution in [-0.2, 0) is 0 Å². The molecule has 0 saturated heterocycles. The van der Waals surface area contributed by atoms with Crippen LogP contribution in [0.15, 0.2) is 12.3 Å². The van der Waals surface area contributed by atoms with Crippen molar-refractivity contribution in [3.63, 3.8) is 0 Å². The van der Waals surface area contributed by atoms with Gasteiger partial charge < -0.3 is 10.6 Å². The van der Waals surface area contributed by atoms with Gasteiger partial charge in [0.2, 0.25) is 0 Å². The fourth-order valence-corrected chi connectivity index (χ4v) is 2.70. The summed E-state index contributed by atoms with van der Waals surface area (Å²) in [5, 5.41) is 6.57. The minimum Gasteiger partial charge on any atom is -0.369 e. The fourth-order valence-electron chi connectivity index (χ4n) is 2.47. The summed E-state index contributed by atoms with van der Waals surface area (Å²) in [6.45, 7) is 4.94. The molecule has 1 heterocycles. The molecule has 2 N–H and O–H groups in total. The number of anilines is 1. The van der Waals surface area contributed by atoms with Gasteiger partial charge in [-0.3, -0.25) is 4.79 Å². The van der Waals surface area contributed by atoms with E-state index in [9.17, 15) is 4.79 Å². The Labute approximate surface area is 118 Å². The van der Waals surface area contributed by atoms with Gasteiger partial charge >= 0.3 is 0 Å². The van der Waals surface area contributed by atoms with Crippen LogP contribution in [0.3, 0.4) is 0 Å². The van der Waals surface area contributed by atoms with Crippen LogP contribution in [0.25, 0.3) is 0 Å². The third-order valence-electron chi connectivity index (χ3n) is 3.48. The molecule has 19 heavy (non-hydrogen) atoms. The highest BCUT2D eigenvalue weighted by molar-refractivity contribution is 6.33. The monoisotopic (exact) mass is 281 g/mol. The lowest BCUT2D eigenvalue weighted by Gasteiger charge is -2.13. The Bertz CT molecular complexity index is 464. The molecule has 0 aliphatic heterocycles. The standard InChI is InChI=1S/C14H20ClN3O/c1-3-16-13-12(15)7-10(8-17-13)14(19)18-11-5-4-9(2)6-11/h7-9,11H,3-6H2,1-2H3,(H,16,17)(H,18,19). The average molecular weight is 282 g/mol. The number of rotatable bonds is 4. The Hall–Kier alpha value is -1.29. The lowest BCUT2D eigenvalue weighted by molar-refractivity contribution is 0.0937. The first-order chi connectivity index (χ1) is 9.10. The SMILES string of the molecule is CCNc1ncc(C(=O)NC2CCC(C)C2)cc1Cl. The molecule has 0 aromatic carbocycles. The molecule has 0 spiro atoms. The van der Waals surface area contributed by atoms with Gasteiger partial charge in [-0.05, 0) is 38.2 Å². The Morgan fingerprint density at radius 2 is 2.32 bits per heavy atom. The van der Waals surface area contributed by atoms with Gasteiger partial charge in [0, 0.05) is 18.8 Å². The molecule has 0 radical (unpaired) electrons. The number of nitrogens with zero attached hydrogens (tertiary/aromatic N) is 1. The van der Waals surface area contributed by atoms with Crippen molar-refractivity contribution >= 4 is 23.3 Å². The summed E-state index contributed by atoms with van der Waals surface area (Å²) in [6.07, 6.45) is 4.87. The van der Waals surface area contributed by atoms with E-state index in [4.69, 9.17) is 11.6 Å². The Balaban J connectivity index is 2.01. The largest absolute Gasteiger partial charge is 0.369 e. The maximum atomic E-state index is 12.1. The van der Waals surface area contributed by atoms with Crippen molar-refractivity contribution in [1.82, 2.24) is 10.3 Å². The summed E-state index contributed by atoms with van der Waals surface area (Å²) in [4.78, 5) is 16.3. The molecule has 1 aromatic heterocycles. The van der Waals surface area contributed by atoms with Gasteiger partial charge in [-0.15, -0.1) is 0 Å². The quantitative estimate of drug-likeness (QED) is 0.892. The van der Waals surface area contributed by atoms with Crippen LogP contribution < -0.4 is 10.6 Å². The molecule has 1 fully saturated rings. The second-order valence-corrected chi connectivity index (χ2v) is 5.58. The second-order valence-electron chi connectivity index (χ2n) is 5.17. The van der Waals surface area contributed by atoms with E-state index in [2.05, 4.69) is 22.5 Å². The zero-order valence-electron chi connectivity index (χ0n) is 11.4. The number of aromatic nitrogens is 1. The third kappa shape index (κ3) is 3.60. The molecule has 1 saturated carbocycles. The van der Waals surface area contributed by atoms with Gasteiger partial charge in [0.05, 0.1) is 10.6 Å². The predicted octanol–water partition coefficient (Wildman–Crippen LogP) is 3.09. The molecule has 2 unspecified atom stereocenters. The minimum atomic E-state index is -0.0865. The zero-order chi connectivity index (χ0) is 13.8. The highest BCUT2D eigenvalue weighted by atomic mass is 35.5. The summed E-state index contributed by atoms with van der Waals surface area (Å²) in [6, 6.07) is 1.95. The number of hydrogen-bond acceptors (Lipinski definition) is 3. The first-order valence-electron chi connectivity index (χ1n) is 6.80. The van der Waals surface area contributed by atoms with E-state index in [0.717, 1.165) is 19.4 Å². The lowest BCUT2D eigenvalue weighted by atomic mass is 10.1.